The van der Waals surface area contributed by atoms with Crippen molar-refractivity contribution in [3.05, 3.63) is 89.2 Å². The van der Waals surface area contributed by atoms with Gasteiger partial charge in [0, 0.05) is 18.8 Å². The highest BCUT2D eigenvalue weighted by Gasteiger charge is 2.13. The summed E-state index contributed by atoms with van der Waals surface area (Å²) in [4.78, 5) is 2.18. The first-order chi connectivity index (χ1) is 13.1. The first kappa shape index (κ1) is 18.8. The predicted molar refractivity (Wildman–Crippen MR) is 107 cm³/mol. The van der Waals surface area contributed by atoms with E-state index in [-0.39, 0.29) is 5.82 Å². The molecule has 0 saturated carbocycles. The van der Waals surface area contributed by atoms with Crippen LogP contribution in [0.2, 0.25) is 0 Å². The van der Waals surface area contributed by atoms with Gasteiger partial charge in [-0.3, -0.25) is 0 Å². The van der Waals surface area contributed by atoms with E-state index in [2.05, 4.69) is 4.90 Å². The standard InChI is InChI=1S/C23H24FNO2/c1-17-4-9-20(24)14-23(17)25(15-18-5-10-21(26-2)11-6-18)16-19-7-12-22(27-3)13-8-19/h4-14H,15-16H2,1-3H3. The molecule has 0 unspecified atom stereocenters. The van der Waals surface area contributed by atoms with Crippen molar-refractivity contribution in [2.45, 2.75) is 20.0 Å². The zero-order valence-corrected chi connectivity index (χ0v) is 15.9. The van der Waals surface area contributed by atoms with E-state index in [9.17, 15) is 4.39 Å². The largest absolute Gasteiger partial charge is 0.497 e. The summed E-state index contributed by atoms with van der Waals surface area (Å²) >= 11 is 0. The third kappa shape index (κ3) is 4.79. The summed E-state index contributed by atoms with van der Waals surface area (Å²) in [7, 11) is 3.31. The maximum atomic E-state index is 13.9. The Balaban J connectivity index is 1.90. The number of hydrogen-bond acceptors (Lipinski definition) is 3. The van der Waals surface area contributed by atoms with Gasteiger partial charge in [0.05, 0.1) is 14.2 Å². The van der Waals surface area contributed by atoms with Gasteiger partial charge in [-0.05, 0) is 60.0 Å². The third-order valence-electron chi connectivity index (χ3n) is 4.58. The van der Waals surface area contributed by atoms with Crippen LogP contribution in [-0.4, -0.2) is 14.2 Å². The molecule has 0 aliphatic carbocycles. The predicted octanol–water partition coefficient (Wildman–Crippen LogP) is 5.36. The van der Waals surface area contributed by atoms with Crippen molar-refractivity contribution < 1.29 is 13.9 Å². The fourth-order valence-electron chi connectivity index (χ4n) is 3.05. The minimum atomic E-state index is -0.231. The molecule has 3 rings (SSSR count). The average Bonchev–Trinajstić information content (AvgIpc) is 2.70. The quantitative estimate of drug-likeness (QED) is 0.563. The number of halogens is 1. The van der Waals surface area contributed by atoms with E-state index in [1.165, 1.54) is 6.07 Å². The van der Waals surface area contributed by atoms with Crippen molar-refractivity contribution >= 4 is 5.69 Å². The number of anilines is 1. The molecule has 0 radical (unpaired) electrons. The van der Waals surface area contributed by atoms with Crippen LogP contribution in [0.4, 0.5) is 10.1 Å². The van der Waals surface area contributed by atoms with Gasteiger partial charge in [0.1, 0.15) is 17.3 Å². The maximum absolute atomic E-state index is 13.9. The van der Waals surface area contributed by atoms with Crippen LogP contribution in [0.15, 0.2) is 66.7 Å². The lowest BCUT2D eigenvalue weighted by Gasteiger charge is -2.27. The Hall–Kier alpha value is -3.01. The van der Waals surface area contributed by atoms with Crippen LogP contribution in [0, 0.1) is 12.7 Å². The summed E-state index contributed by atoms with van der Waals surface area (Å²) in [5.74, 6) is 1.41. The highest BCUT2D eigenvalue weighted by molar-refractivity contribution is 5.54. The van der Waals surface area contributed by atoms with Gasteiger partial charge in [-0.2, -0.15) is 0 Å². The summed E-state index contributed by atoms with van der Waals surface area (Å²) in [5, 5.41) is 0. The Labute approximate surface area is 160 Å². The molecule has 0 spiro atoms. The summed E-state index contributed by atoms with van der Waals surface area (Å²) < 4.78 is 24.4. The number of benzene rings is 3. The molecule has 0 aliphatic heterocycles. The number of aryl methyl sites for hydroxylation is 1. The van der Waals surface area contributed by atoms with Crippen LogP contribution < -0.4 is 14.4 Å². The molecule has 4 heteroatoms. The maximum Gasteiger partial charge on any atom is 0.125 e. The minimum Gasteiger partial charge on any atom is -0.497 e. The molecule has 27 heavy (non-hydrogen) atoms. The molecule has 0 heterocycles. The number of nitrogens with zero attached hydrogens (tertiary/aromatic N) is 1. The monoisotopic (exact) mass is 365 g/mol. The van der Waals surface area contributed by atoms with E-state index < -0.39 is 0 Å². The van der Waals surface area contributed by atoms with Gasteiger partial charge in [0.25, 0.3) is 0 Å². The molecule has 0 aliphatic rings. The van der Waals surface area contributed by atoms with Crippen molar-refractivity contribution in [3.63, 3.8) is 0 Å². The lowest BCUT2D eigenvalue weighted by Crippen LogP contribution is -2.23. The molecule has 3 aromatic rings. The normalized spacial score (nSPS) is 10.5. The van der Waals surface area contributed by atoms with Crippen LogP contribution >= 0.6 is 0 Å². The van der Waals surface area contributed by atoms with Gasteiger partial charge in [0.2, 0.25) is 0 Å². The Morgan fingerprint density at radius 2 is 1.22 bits per heavy atom. The smallest absolute Gasteiger partial charge is 0.125 e. The molecular weight excluding hydrogens is 341 g/mol. The van der Waals surface area contributed by atoms with E-state index >= 15 is 0 Å². The number of hydrogen-bond donors (Lipinski definition) is 0. The molecule has 3 nitrogen and oxygen atoms in total. The van der Waals surface area contributed by atoms with Gasteiger partial charge in [-0.15, -0.1) is 0 Å². The average molecular weight is 365 g/mol. The molecule has 140 valence electrons. The Kier molecular flexibility index (Phi) is 5.97. The minimum absolute atomic E-state index is 0.231. The van der Waals surface area contributed by atoms with Gasteiger partial charge >= 0.3 is 0 Å². The molecule has 0 bridgehead atoms. The van der Waals surface area contributed by atoms with Crippen LogP contribution in [-0.2, 0) is 13.1 Å². The Morgan fingerprint density at radius 1 is 0.741 bits per heavy atom. The van der Waals surface area contributed by atoms with Crippen molar-refractivity contribution in [3.8, 4) is 11.5 Å². The fourth-order valence-corrected chi connectivity index (χ4v) is 3.05. The molecule has 0 atom stereocenters. The molecule has 0 amide bonds. The van der Waals surface area contributed by atoms with Gasteiger partial charge in [0.15, 0.2) is 0 Å². The lowest BCUT2D eigenvalue weighted by atomic mass is 10.1. The second kappa shape index (κ2) is 8.58. The highest BCUT2D eigenvalue weighted by atomic mass is 19.1. The van der Waals surface area contributed by atoms with Gasteiger partial charge in [-0.1, -0.05) is 30.3 Å². The van der Waals surface area contributed by atoms with E-state index in [1.807, 2.05) is 61.5 Å². The summed E-state index contributed by atoms with van der Waals surface area (Å²) in [6, 6.07) is 20.8. The fraction of sp³-hybridized carbons (Fsp3) is 0.217. The number of rotatable bonds is 7. The summed E-state index contributed by atoms with van der Waals surface area (Å²) in [5.41, 5.74) is 4.20. The molecular formula is C23H24FNO2. The van der Waals surface area contributed by atoms with Gasteiger partial charge < -0.3 is 14.4 Å². The van der Waals surface area contributed by atoms with Crippen molar-refractivity contribution in [1.29, 1.82) is 0 Å². The summed E-state index contributed by atoms with van der Waals surface area (Å²) in [6.45, 7) is 3.34. The van der Waals surface area contributed by atoms with E-state index in [0.717, 1.165) is 33.9 Å². The Bertz CT molecular complexity index is 826. The molecule has 3 aromatic carbocycles. The highest BCUT2D eigenvalue weighted by Crippen LogP contribution is 2.26. The first-order valence-electron chi connectivity index (χ1n) is 8.86. The SMILES string of the molecule is COc1ccc(CN(Cc2ccc(OC)cc2)c2cc(F)ccc2C)cc1. The second-order valence-electron chi connectivity index (χ2n) is 6.48. The zero-order chi connectivity index (χ0) is 19.2. The van der Waals surface area contributed by atoms with Gasteiger partial charge in [-0.25, -0.2) is 4.39 Å². The van der Waals surface area contributed by atoms with Crippen molar-refractivity contribution in [1.82, 2.24) is 0 Å². The first-order valence-corrected chi connectivity index (χ1v) is 8.86. The van der Waals surface area contributed by atoms with E-state index in [0.29, 0.717) is 13.1 Å². The van der Waals surface area contributed by atoms with Crippen molar-refractivity contribution in [2.75, 3.05) is 19.1 Å². The topological polar surface area (TPSA) is 21.7 Å². The molecule has 0 N–H and O–H groups in total. The second-order valence-corrected chi connectivity index (χ2v) is 6.48. The van der Waals surface area contributed by atoms with E-state index in [1.54, 1.807) is 20.3 Å². The number of methoxy groups -OCH3 is 2. The van der Waals surface area contributed by atoms with E-state index in [4.69, 9.17) is 9.47 Å². The van der Waals surface area contributed by atoms with Crippen LogP contribution in [0.1, 0.15) is 16.7 Å². The molecule has 0 aromatic heterocycles. The summed E-state index contributed by atoms with van der Waals surface area (Å²) in [6.07, 6.45) is 0. The van der Waals surface area contributed by atoms with Crippen LogP contribution in [0.3, 0.4) is 0 Å². The van der Waals surface area contributed by atoms with Crippen LogP contribution in [0.25, 0.3) is 0 Å². The lowest BCUT2D eigenvalue weighted by molar-refractivity contribution is 0.414. The molecule has 0 fully saturated rings. The van der Waals surface area contributed by atoms with Crippen molar-refractivity contribution in [2.24, 2.45) is 0 Å². The number of ether oxygens (including phenoxy) is 2. The van der Waals surface area contributed by atoms with Crippen LogP contribution in [0.5, 0.6) is 11.5 Å². The zero-order valence-electron chi connectivity index (χ0n) is 15.9. The third-order valence-corrected chi connectivity index (χ3v) is 4.58. The Morgan fingerprint density at radius 3 is 1.67 bits per heavy atom. The molecule has 0 saturated heterocycles.